The lowest BCUT2D eigenvalue weighted by Gasteiger charge is -2.41. The average Bonchev–Trinajstić information content (AvgIpc) is 2.29. The van der Waals surface area contributed by atoms with Crippen LogP contribution in [0.15, 0.2) is 0 Å². The molecule has 0 spiro atoms. The molecule has 16 heavy (non-hydrogen) atoms. The van der Waals surface area contributed by atoms with Gasteiger partial charge in [0.05, 0.1) is 0 Å². The summed E-state index contributed by atoms with van der Waals surface area (Å²) in [6.07, 6.45) is 9.61. The molecule has 3 nitrogen and oxygen atoms in total. The fourth-order valence-corrected chi connectivity index (χ4v) is 3.38. The van der Waals surface area contributed by atoms with Crippen molar-refractivity contribution in [2.45, 2.75) is 43.3 Å². The van der Waals surface area contributed by atoms with Gasteiger partial charge in [-0.05, 0) is 38.4 Å². The molecule has 1 aliphatic heterocycles. The van der Waals surface area contributed by atoms with Gasteiger partial charge in [0, 0.05) is 24.4 Å². The molecule has 2 amide bonds. The molecule has 0 radical (unpaired) electrons. The van der Waals surface area contributed by atoms with Crippen LogP contribution in [0.5, 0.6) is 0 Å². The zero-order valence-corrected chi connectivity index (χ0v) is 10.9. The second-order valence-electron chi connectivity index (χ2n) is 4.95. The smallest absolute Gasteiger partial charge is 0.317 e. The van der Waals surface area contributed by atoms with Gasteiger partial charge in [-0.3, -0.25) is 0 Å². The van der Waals surface area contributed by atoms with Crippen LogP contribution in [-0.2, 0) is 0 Å². The standard InChI is InChI=1S/C12H22N2OS/c1-16-12(6-5-7-12)10-13-11(15)14-8-3-2-4-9-14/h2-10H2,1H3,(H,13,15). The van der Waals surface area contributed by atoms with Crippen molar-refractivity contribution in [3.05, 3.63) is 0 Å². The maximum atomic E-state index is 11.9. The Morgan fingerprint density at radius 2 is 1.94 bits per heavy atom. The highest BCUT2D eigenvalue weighted by Gasteiger charge is 2.36. The van der Waals surface area contributed by atoms with Gasteiger partial charge in [0.25, 0.3) is 0 Å². The Hall–Kier alpha value is -0.380. The molecule has 0 bridgehead atoms. The maximum absolute atomic E-state index is 11.9. The third kappa shape index (κ3) is 2.65. The van der Waals surface area contributed by atoms with Gasteiger partial charge in [0.2, 0.25) is 0 Å². The first kappa shape index (κ1) is 12.1. The monoisotopic (exact) mass is 242 g/mol. The molecule has 0 aromatic heterocycles. The van der Waals surface area contributed by atoms with Crippen LogP contribution in [-0.4, -0.2) is 41.6 Å². The highest BCUT2D eigenvalue weighted by atomic mass is 32.2. The Morgan fingerprint density at radius 1 is 1.25 bits per heavy atom. The number of likely N-dealkylation sites (tertiary alicyclic amines) is 1. The van der Waals surface area contributed by atoms with Crippen molar-refractivity contribution in [2.75, 3.05) is 25.9 Å². The van der Waals surface area contributed by atoms with Gasteiger partial charge >= 0.3 is 6.03 Å². The zero-order chi connectivity index (χ0) is 11.4. The van der Waals surface area contributed by atoms with Crippen molar-refractivity contribution in [3.8, 4) is 0 Å². The lowest BCUT2D eigenvalue weighted by Crippen LogP contribution is -2.50. The predicted molar refractivity (Wildman–Crippen MR) is 68.9 cm³/mol. The van der Waals surface area contributed by atoms with E-state index >= 15 is 0 Å². The fourth-order valence-electron chi connectivity index (χ4n) is 2.47. The van der Waals surface area contributed by atoms with Crippen LogP contribution < -0.4 is 5.32 Å². The van der Waals surface area contributed by atoms with Gasteiger partial charge in [-0.15, -0.1) is 0 Å². The minimum atomic E-state index is 0.153. The third-order valence-electron chi connectivity index (χ3n) is 3.90. The number of carbonyl (C=O) groups is 1. The summed E-state index contributed by atoms with van der Waals surface area (Å²) in [7, 11) is 0. The molecule has 92 valence electrons. The number of rotatable bonds is 3. The molecule has 2 rings (SSSR count). The van der Waals surface area contributed by atoms with Gasteiger partial charge in [-0.1, -0.05) is 6.42 Å². The molecule has 1 heterocycles. The number of thioether (sulfide) groups is 1. The van der Waals surface area contributed by atoms with E-state index in [0.29, 0.717) is 4.75 Å². The van der Waals surface area contributed by atoms with E-state index in [1.54, 1.807) is 0 Å². The first-order chi connectivity index (χ1) is 7.76. The molecule has 2 fully saturated rings. The van der Waals surface area contributed by atoms with Gasteiger partial charge < -0.3 is 10.2 Å². The molecular formula is C12H22N2OS. The third-order valence-corrected chi connectivity index (χ3v) is 5.32. The van der Waals surface area contributed by atoms with Crippen LogP contribution in [0.3, 0.4) is 0 Å². The van der Waals surface area contributed by atoms with E-state index in [9.17, 15) is 4.79 Å². The number of piperidine rings is 1. The van der Waals surface area contributed by atoms with Crippen LogP contribution in [0.1, 0.15) is 38.5 Å². The topological polar surface area (TPSA) is 32.3 Å². The number of nitrogens with zero attached hydrogens (tertiary/aromatic N) is 1. The Kier molecular flexibility index (Phi) is 4.00. The normalized spacial score (nSPS) is 23.7. The van der Waals surface area contributed by atoms with E-state index in [2.05, 4.69) is 11.6 Å². The number of hydrogen-bond donors (Lipinski definition) is 1. The molecule has 0 atom stereocenters. The van der Waals surface area contributed by atoms with Crippen LogP contribution >= 0.6 is 11.8 Å². The van der Waals surface area contributed by atoms with E-state index in [4.69, 9.17) is 0 Å². The number of nitrogens with one attached hydrogen (secondary N) is 1. The molecule has 1 saturated carbocycles. The lowest BCUT2D eigenvalue weighted by atomic mass is 9.84. The number of urea groups is 1. The number of carbonyl (C=O) groups excluding carboxylic acids is 1. The van der Waals surface area contributed by atoms with E-state index in [1.165, 1.54) is 38.5 Å². The molecular weight excluding hydrogens is 220 g/mol. The van der Waals surface area contributed by atoms with Gasteiger partial charge in [0.15, 0.2) is 0 Å². The Balaban J connectivity index is 1.74. The Morgan fingerprint density at radius 3 is 2.44 bits per heavy atom. The summed E-state index contributed by atoms with van der Waals surface area (Å²) < 4.78 is 0.353. The zero-order valence-electron chi connectivity index (χ0n) is 10.1. The van der Waals surface area contributed by atoms with Crippen molar-refractivity contribution >= 4 is 17.8 Å². The summed E-state index contributed by atoms with van der Waals surface area (Å²) in [4.78, 5) is 13.9. The fraction of sp³-hybridized carbons (Fsp3) is 0.917. The summed E-state index contributed by atoms with van der Waals surface area (Å²) in [6, 6.07) is 0.153. The molecule has 1 saturated heterocycles. The van der Waals surface area contributed by atoms with E-state index in [0.717, 1.165) is 19.6 Å². The van der Waals surface area contributed by atoms with Gasteiger partial charge in [0.1, 0.15) is 0 Å². The van der Waals surface area contributed by atoms with Crippen molar-refractivity contribution in [3.63, 3.8) is 0 Å². The largest absolute Gasteiger partial charge is 0.337 e. The van der Waals surface area contributed by atoms with E-state index in [-0.39, 0.29) is 6.03 Å². The van der Waals surface area contributed by atoms with Crippen LogP contribution in [0, 0.1) is 0 Å². The van der Waals surface area contributed by atoms with E-state index in [1.807, 2.05) is 16.7 Å². The summed E-state index contributed by atoms with van der Waals surface area (Å²) in [6.45, 7) is 2.74. The van der Waals surface area contributed by atoms with E-state index < -0.39 is 0 Å². The van der Waals surface area contributed by atoms with Crippen LogP contribution in [0.25, 0.3) is 0 Å². The Labute approximate surface area is 102 Å². The van der Waals surface area contributed by atoms with Gasteiger partial charge in [-0.25, -0.2) is 4.79 Å². The van der Waals surface area contributed by atoms with Crippen molar-refractivity contribution in [1.29, 1.82) is 0 Å². The molecule has 0 aromatic rings. The minimum absolute atomic E-state index is 0.153. The summed E-state index contributed by atoms with van der Waals surface area (Å²) in [5.74, 6) is 0. The number of amides is 2. The van der Waals surface area contributed by atoms with Crippen molar-refractivity contribution < 1.29 is 4.79 Å². The molecule has 0 aromatic carbocycles. The molecule has 1 aliphatic carbocycles. The van der Waals surface area contributed by atoms with Crippen LogP contribution in [0.2, 0.25) is 0 Å². The molecule has 2 aliphatic rings. The van der Waals surface area contributed by atoms with Crippen molar-refractivity contribution in [2.24, 2.45) is 0 Å². The molecule has 4 heteroatoms. The lowest BCUT2D eigenvalue weighted by molar-refractivity contribution is 0.183. The van der Waals surface area contributed by atoms with Crippen molar-refractivity contribution in [1.82, 2.24) is 10.2 Å². The first-order valence-electron chi connectivity index (χ1n) is 6.34. The van der Waals surface area contributed by atoms with Crippen LogP contribution in [0.4, 0.5) is 4.79 Å². The van der Waals surface area contributed by atoms with Gasteiger partial charge in [-0.2, -0.15) is 11.8 Å². The highest BCUT2D eigenvalue weighted by Crippen LogP contribution is 2.42. The molecule has 1 N–H and O–H groups in total. The molecule has 0 unspecified atom stereocenters. The second-order valence-corrected chi connectivity index (χ2v) is 6.22. The SMILES string of the molecule is CSC1(CNC(=O)N2CCCCC2)CCC1. The Bertz CT molecular complexity index is 242. The predicted octanol–water partition coefficient (Wildman–Crippen LogP) is 2.47. The minimum Gasteiger partial charge on any atom is -0.337 e. The average molecular weight is 242 g/mol. The summed E-state index contributed by atoms with van der Waals surface area (Å²) >= 11 is 1.91. The quantitative estimate of drug-likeness (QED) is 0.824. The first-order valence-corrected chi connectivity index (χ1v) is 7.56. The summed E-state index contributed by atoms with van der Waals surface area (Å²) in [5.41, 5.74) is 0. The highest BCUT2D eigenvalue weighted by molar-refractivity contribution is 8.00. The second kappa shape index (κ2) is 5.30. The maximum Gasteiger partial charge on any atom is 0.317 e. The summed E-state index contributed by atoms with van der Waals surface area (Å²) in [5, 5.41) is 3.11. The number of hydrogen-bond acceptors (Lipinski definition) is 2.